The van der Waals surface area contributed by atoms with Gasteiger partial charge in [-0.1, -0.05) is 182 Å². The van der Waals surface area contributed by atoms with Gasteiger partial charge in [-0.3, -0.25) is 10.1 Å². The van der Waals surface area contributed by atoms with Crippen molar-refractivity contribution in [3.63, 3.8) is 0 Å². The third-order valence-electron chi connectivity index (χ3n) is 8.32. The van der Waals surface area contributed by atoms with Gasteiger partial charge in [0.25, 0.3) is 0 Å². The zero-order valence-corrected chi connectivity index (χ0v) is 24.9. The highest BCUT2D eigenvalue weighted by Crippen LogP contribution is 2.41. The van der Waals surface area contributed by atoms with Crippen LogP contribution >= 0.6 is 0 Å². The maximum Gasteiger partial charge on any atom is 0.323 e. The second kappa shape index (κ2) is 13.6. The molecule has 0 aliphatic heterocycles. The average molecular weight is 590 g/mol. The van der Waals surface area contributed by atoms with E-state index in [1.54, 1.807) is 0 Å². The Labute approximate surface area is 264 Å². The normalized spacial score (nSPS) is 12.4. The minimum absolute atomic E-state index is 0.123. The van der Waals surface area contributed by atoms with Crippen LogP contribution in [0.3, 0.4) is 0 Å². The molecule has 0 saturated carbocycles. The molecule has 0 aliphatic rings. The highest BCUT2D eigenvalue weighted by atomic mass is 16.5. The summed E-state index contributed by atoms with van der Waals surface area (Å²) in [5.41, 5.74) is 3.46. The second-order valence-electron chi connectivity index (χ2n) is 11.0. The quantitative estimate of drug-likeness (QED) is 0.142. The van der Waals surface area contributed by atoms with Gasteiger partial charge in [-0.15, -0.1) is 0 Å². The molecular formula is C41H35NO3. The highest BCUT2D eigenvalue weighted by molar-refractivity contribution is 5.74. The van der Waals surface area contributed by atoms with Crippen LogP contribution in [0.25, 0.3) is 0 Å². The first kappa shape index (κ1) is 29.8. The van der Waals surface area contributed by atoms with Crippen LogP contribution in [0.5, 0.6) is 0 Å². The van der Waals surface area contributed by atoms with Gasteiger partial charge in [0.2, 0.25) is 0 Å². The first-order valence-corrected chi connectivity index (χ1v) is 15.1. The number of aliphatic carboxylic acids is 1. The number of carboxylic acid groups (broad SMARTS) is 1. The number of nitrogens with one attached hydrogen (secondary N) is 1. The fraction of sp³-hybridized carbons (Fsp3) is 0.0976. The van der Waals surface area contributed by atoms with Crippen LogP contribution in [0.2, 0.25) is 0 Å². The predicted molar refractivity (Wildman–Crippen MR) is 179 cm³/mol. The summed E-state index contributed by atoms with van der Waals surface area (Å²) in [6, 6.07) is 58.9. The Morgan fingerprint density at radius 2 is 0.756 bits per heavy atom. The van der Waals surface area contributed by atoms with E-state index in [0.29, 0.717) is 0 Å². The molecular weight excluding hydrogens is 554 g/mol. The molecule has 0 spiro atoms. The van der Waals surface area contributed by atoms with Crippen LogP contribution in [-0.2, 0) is 20.7 Å². The molecule has 0 aliphatic carbocycles. The molecule has 0 saturated heterocycles. The van der Waals surface area contributed by atoms with Crippen molar-refractivity contribution >= 4 is 5.97 Å². The van der Waals surface area contributed by atoms with E-state index in [1.165, 1.54) is 0 Å². The molecule has 6 aromatic carbocycles. The molecule has 4 nitrogen and oxygen atoms in total. The van der Waals surface area contributed by atoms with E-state index in [2.05, 4.69) is 5.32 Å². The SMILES string of the molecule is O=C(O)C(COC(c1ccccc1)(c1ccccc1)c1ccccc1)NC(c1ccccc1)(c1ccccc1)c1ccccc1. The molecule has 4 heteroatoms. The first-order valence-electron chi connectivity index (χ1n) is 15.1. The molecule has 1 atom stereocenters. The van der Waals surface area contributed by atoms with Crippen LogP contribution in [0.15, 0.2) is 182 Å². The standard InChI is InChI=1S/C41H35NO3/c43-39(44)38(42-40(32-19-7-1-8-20-32,33-21-9-2-10-22-33)34-23-11-3-12-24-34)31-45-41(35-25-13-4-14-26-35,36-27-15-5-16-28-36)37-29-17-6-18-30-37/h1-30,38,42H,31H2,(H,43,44). The summed E-state index contributed by atoms with van der Waals surface area (Å²) < 4.78 is 7.02. The molecule has 0 fully saturated rings. The Kier molecular flexibility index (Phi) is 8.97. The van der Waals surface area contributed by atoms with E-state index < -0.39 is 23.2 Å². The van der Waals surface area contributed by atoms with Gasteiger partial charge in [-0.2, -0.15) is 0 Å². The van der Waals surface area contributed by atoms with E-state index >= 15 is 0 Å². The van der Waals surface area contributed by atoms with E-state index in [1.807, 2.05) is 182 Å². The number of carbonyl (C=O) groups is 1. The fourth-order valence-corrected chi connectivity index (χ4v) is 6.23. The van der Waals surface area contributed by atoms with Crippen molar-refractivity contribution in [2.75, 3.05) is 6.61 Å². The third kappa shape index (κ3) is 5.94. The van der Waals surface area contributed by atoms with E-state index in [4.69, 9.17) is 4.74 Å². The Hall–Kier alpha value is -5.29. The van der Waals surface area contributed by atoms with Gasteiger partial charge in [-0.05, 0) is 33.4 Å². The van der Waals surface area contributed by atoms with Crippen molar-refractivity contribution in [2.45, 2.75) is 17.2 Å². The summed E-state index contributed by atoms with van der Waals surface area (Å²) in [6.45, 7) is -0.123. The number of hydrogen-bond acceptors (Lipinski definition) is 3. The second-order valence-corrected chi connectivity index (χ2v) is 11.0. The number of carboxylic acids is 1. The molecule has 0 amide bonds. The molecule has 0 bridgehead atoms. The molecule has 0 radical (unpaired) electrons. The zero-order valence-electron chi connectivity index (χ0n) is 24.9. The van der Waals surface area contributed by atoms with Crippen LogP contribution < -0.4 is 5.32 Å². The summed E-state index contributed by atoms with van der Waals surface area (Å²) in [7, 11) is 0. The minimum atomic E-state index is -1.10. The fourth-order valence-electron chi connectivity index (χ4n) is 6.23. The minimum Gasteiger partial charge on any atom is -0.480 e. The van der Waals surface area contributed by atoms with Crippen LogP contribution in [0.4, 0.5) is 0 Å². The van der Waals surface area contributed by atoms with Crippen LogP contribution in [0, 0.1) is 0 Å². The molecule has 0 heterocycles. The van der Waals surface area contributed by atoms with Gasteiger partial charge in [0.05, 0.1) is 12.1 Å². The first-order chi connectivity index (χ1) is 22.1. The zero-order chi connectivity index (χ0) is 31.0. The molecule has 45 heavy (non-hydrogen) atoms. The number of ether oxygens (including phenoxy) is 1. The Morgan fingerprint density at radius 3 is 1.02 bits per heavy atom. The van der Waals surface area contributed by atoms with Crippen LogP contribution in [0.1, 0.15) is 33.4 Å². The molecule has 1 unspecified atom stereocenters. The largest absolute Gasteiger partial charge is 0.480 e. The average Bonchev–Trinajstić information content (AvgIpc) is 3.12. The maximum atomic E-state index is 13.3. The Balaban J connectivity index is 1.50. The smallest absolute Gasteiger partial charge is 0.323 e. The summed E-state index contributed by atoms with van der Waals surface area (Å²) in [6.07, 6.45) is 0. The summed E-state index contributed by atoms with van der Waals surface area (Å²) in [4.78, 5) is 13.3. The Bertz CT molecular complexity index is 1590. The van der Waals surface area contributed by atoms with E-state index in [-0.39, 0.29) is 6.61 Å². The van der Waals surface area contributed by atoms with Crippen LogP contribution in [-0.4, -0.2) is 23.7 Å². The van der Waals surface area contributed by atoms with Crippen molar-refractivity contribution < 1.29 is 14.6 Å². The highest BCUT2D eigenvalue weighted by Gasteiger charge is 2.43. The van der Waals surface area contributed by atoms with Crippen molar-refractivity contribution in [2.24, 2.45) is 0 Å². The Morgan fingerprint density at radius 1 is 0.489 bits per heavy atom. The molecule has 2 N–H and O–H groups in total. The van der Waals surface area contributed by atoms with E-state index in [9.17, 15) is 9.90 Å². The summed E-state index contributed by atoms with van der Waals surface area (Å²) >= 11 is 0. The molecule has 6 aromatic rings. The monoisotopic (exact) mass is 589 g/mol. The summed E-state index contributed by atoms with van der Waals surface area (Å²) in [5, 5.41) is 14.5. The van der Waals surface area contributed by atoms with Crippen molar-refractivity contribution in [3.8, 4) is 0 Å². The van der Waals surface area contributed by atoms with Gasteiger partial charge >= 0.3 is 5.97 Å². The van der Waals surface area contributed by atoms with E-state index in [0.717, 1.165) is 33.4 Å². The number of rotatable bonds is 12. The van der Waals surface area contributed by atoms with Crippen molar-refractivity contribution in [1.82, 2.24) is 5.32 Å². The molecule has 222 valence electrons. The lowest BCUT2D eigenvalue weighted by molar-refractivity contribution is -0.143. The molecule has 0 aromatic heterocycles. The van der Waals surface area contributed by atoms with Gasteiger partial charge in [0.1, 0.15) is 11.6 Å². The van der Waals surface area contributed by atoms with Crippen molar-refractivity contribution in [3.05, 3.63) is 215 Å². The van der Waals surface area contributed by atoms with Gasteiger partial charge in [0, 0.05) is 0 Å². The predicted octanol–water partition coefficient (Wildman–Crippen LogP) is 8.03. The number of hydrogen-bond donors (Lipinski definition) is 2. The van der Waals surface area contributed by atoms with Crippen molar-refractivity contribution in [1.29, 1.82) is 0 Å². The van der Waals surface area contributed by atoms with Gasteiger partial charge < -0.3 is 9.84 Å². The topological polar surface area (TPSA) is 58.6 Å². The lowest BCUT2D eigenvalue weighted by Crippen LogP contribution is -2.55. The van der Waals surface area contributed by atoms with Gasteiger partial charge in [0.15, 0.2) is 0 Å². The van der Waals surface area contributed by atoms with Gasteiger partial charge in [-0.25, -0.2) is 0 Å². The number of benzene rings is 6. The summed E-state index contributed by atoms with van der Waals surface area (Å²) in [5.74, 6) is -1.01. The lowest BCUT2D eigenvalue weighted by Gasteiger charge is -2.41. The molecule has 6 rings (SSSR count). The third-order valence-corrected chi connectivity index (χ3v) is 8.32. The lowest BCUT2D eigenvalue weighted by atomic mass is 9.76. The maximum absolute atomic E-state index is 13.3.